The number of hydrogen-bond donors (Lipinski definition) is 1. The SMILES string of the molecule is Oc1ccc(F)cc1-n1ccc(C(F)(F)F)n1. The minimum absolute atomic E-state index is 0.152. The van der Waals surface area contributed by atoms with Gasteiger partial charge in [-0.25, -0.2) is 9.07 Å². The highest BCUT2D eigenvalue weighted by Crippen LogP contribution is 2.29. The van der Waals surface area contributed by atoms with Crippen molar-refractivity contribution in [2.24, 2.45) is 0 Å². The van der Waals surface area contributed by atoms with Gasteiger partial charge in [-0.1, -0.05) is 0 Å². The lowest BCUT2D eigenvalue weighted by Gasteiger charge is -2.05. The first kappa shape index (κ1) is 11.4. The van der Waals surface area contributed by atoms with Gasteiger partial charge >= 0.3 is 6.18 Å². The van der Waals surface area contributed by atoms with Crippen LogP contribution in [-0.2, 0) is 6.18 Å². The predicted molar refractivity (Wildman–Crippen MR) is 50.2 cm³/mol. The van der Waals surface area contributed by atoms with Crippen molar-refractivity contribution < 1.29 is 22.7 Å². The number of rotatable bonds is 1. The summed E-state index contributed by atoms with van der Waals surface area (Å²) in [6.45, 7) is 0. The van der Waals surface area contributed by atoms with Gasteiger partial charge < -0.3 is 5.11 Å². The molecule has 17 heavy (non-hydrogen) atoms. The molecule has 1 N–H and O–H groups in total. The van der Waals surface area contributed by atoms with Crippen molar-refractivity contribution >= 4 is 0 Å². The molecule has 2 rings (SSSR count). The van der Waals surface area contributed by atoms with Crippen LogP contribution in [0.1, 0.15) is 5.69 Å². The molecule has 90 valence electrons. The molecule has 0 amide bonds. The zero-order valence-electron chi connectivity index (χ0n) is 8.24. The number of benzene rings is 1. The predicted octanol–water partition coefficient (Wildman–Crippen LogP) is 2.74. The second kappa shape index (κ2) is 3.76. The molecule has 0 aliphatic rings. The Morgan fingerprint density at radius 1 is 1.18 bits per heavy atom. The molecule has 1 aromatic carbocycles. The summed E-state index contributed by atoms with van der Waals surface area (Å²) >= 11 is 0. The lowest BCUT2D eigenvalue weighted by molar-refractivity contribution is -0.141. The standard InChI is InChI=1S/C10H6F4N2O/c11-6-1-2-8(17)7(5-6)16-4-3-9(15-16)10(12,13)14/h1-5,17H. The maximum atomic E-state index is 12.9. The molecule has 0 saturated carbocycles. The fourth-order valence-electron chi connectivity index (χ4n) is 1.29. The van der Waals surface area contributed by atoms with Crippen molar-refractivity contribution in [3.8, 4) is 11.4 Å². The highest BCUT2D eigenvalue weighted by molar-refractivity contribution is 5.45. The van der Waals surface area contributed by atoms with E-state index >= 15 is 0 Å². The average Bonchev–Trinajstić information content (AvgIpc) is 2.70. The second-order valence-electron chi connectivity index (χ2n) is 3.28. The van der Waals surface area contributed by atoms with Gasteiger partial charge in [0.25, 0.3) is 0 Å². The molecule has 0 unspecified atom stereocenters. The molecule has 0 aliphatic carbocycles. The molecular weight excluding hydrogens is 240 g/mol. The van der Waals surface area contributed by atoms with E-state index in [0.29, 0.717) is 0 Å². The molecule has 0 saturated heterocycles. The summed E-state index contributed by atoms with van der Waals surface area (Å²) in [5.41, 5.74) is -1.26. The van der Waals surface area contributed by atoms with Crippen molar-refractivity contribution in [3.05, 3.63) is 42.0 Å². The van der Waals surface area contributed by atoms with Crippen LogP contribution in [-0.4, -0.2) is 14.9 Å². The first-order valence-electron chi connectivity index (χ1n) is 4.49. The van der Waals surface area contributed by atoms with Crippen molar-refractivity contribution in [2.75, 3.05) is 0 Å². The van der Waals surface area contributed by atoms with E-state index in [-0.39, 0.29) is 11.4 Å². The Labute approximate surface area is 92.9 Å². The lowest BCUT2D eigenvalue weighted by Crippen LogP contribution is -2.07. The minimum atomic E-state index is -4.58. The molecule has 7 heteroatoms. The fraction of sp³-hybridized carbons (Fsp3) is 0.100. The van der Waals surface area contributed by atoms with Gasteiger partial charge in [-0.05, 0) is 18.2 Å². The van der Waals surface area contributed by atoms with Gasteiger partial charge in [0, 0.05) is 12.3 Å². The fourth-order valence-corrected chi connectivity index (χ4v) is 1.29. The van der Waals surface area contributed by atoms with Crippen LogP contribution in [0.5, 0.6) is 5.75 Å². The van der Waals surface area contributed by atoms with Crippen molar-refractivity contribution in [2.45, 2.75) is 6.18 Å². The van der Waals surface area contributed by atoms with Crippen LogP contribution < -0.4 is 0 Å². The molecule has 0 bridgehead atoms. The summed E-state index contributed by atoms with van der Waals surface area (Å²) in [6, 6.07) is 3.67. The van der Waals surface area contributed by atoms with Crippen molar-refractivity contribution in [1.82, 2.24) is 9.78 Å². The van der Waals surface area contributed by atoms with Gasteiger partial charge in [0.15, 0.2) is 5.69 Å². The summed E-state index contributed by atoms with van der Waals surface area (Å²) in [5.74, 6) is -1.04. The molecule has 3 nitrogen and oxygen atoms in total. The van der Waals surface area contributed by atoms with E-state index < -0.39 is 17.7 Å². The van der Waals surface area contributed by atoms with Crippen LogP contribution in [0.25, 0.3) is 5.69 Å². The molecule has 1 heterocycles. The van der Waals surface area contributed by atoms with E-state index in [4.69, 9.17) is 0 Å². The Hall–Kier alpha value is -2.05. The first-order valence-corrected chi connectivity index (χ1v) is 4.49. The van der Waals surface area contributed by atoms with E-state index in [1.807, 2.05) is 0 Å². The van der Waals surface area contributed by atoms with E-state index in [1.54, 1.807) is 0 Å². The number of alkyl halides is 3. The average molecular weight is 246 g/mol. The summed E-state index contributed by atoms with van der Waals surface area (Å²) in [5, 5.41) is 12.6. The summed E-state index contributed by atoms with van der Waals surface area (Å²) in [4.78, 5) is 0. The number of aromatic hydroxyl groups is 1. The van der Waals surface area contributed by atoms with Crippen molar-refractivity contribution in [3.63, 3.8) is 0 Å². The van der Waals surface area contributed by atoms with E-state index in [1.165, 1.54) is 0 Å². The van der Waals surface area contributed by atoms with Gasteiger partial charge in [0.05, 0.1) is 0 Å². The Morgan fingerprint density at radius 2 is 1.88 bits per heavy atom. The zero-order chi connectivity index (χ0) is 12.6. The van der Waals surface area contributed by atoms with Crippen LogP contribution in [0.15, 0.2) is 30.5 Å². The summed E-state index contributed by atoms with van der Waals surface area (Å²) in [7, 11) is 0. The van der Waals surface area contributed by atoms with Crippen molar-refractivity contribution in [1.29, 1.82) is 0 Å². The Balaban J connectivity index is 2.47. The number of halogens is 4. The lowest BCUT2D eigenvalue weighted by atomic mass is 10.3. The molecular formula is C10H6F4N2O. The molecule has 0 fully saturated rings. The van der Waals surface area contributed by atoms with Crippen LogP contribution in [0.2, 0.25) is 0 Å². The highest BCUT2D eigenvalue weighted by atomic mass is 19.4. The van der Waals surface area contributed by atoms with Gasteiger partial charge in [-0.3, -0.25) is 0 Å². The van der Waals surface area contributed by atoms with Crippen LogP contribution in [0, 0.1) is 5.82 Å². The van der Waals surface area contributed by atoms with E-state index in [0.717, 1.165) is 35.1 Å². The van der Waals surface area contributed by atoms with Gasteiger partial charge in [-0.2, -0.15) is 18.3 Å². The third kappa shape index (κ3) is 2.22. The topological polar surface area (TPSA) is 38.0 Å². The highest BCUT2D eigenvalue weighted by Gasteiger charge is 2.33. The van der Waals surface area contributed by atoms with Crippen LogP contribution in [0.3, 0.4) is 0 Å². The molecule has 1 aromatic heterocycles. The second-order valence-corrected chi connectivity index (χ2v) is 3.28. The maximum absolute atomic E-state index is 12.9. The Bertz CT molecular complexity index is 547. The number of hydrogen-bond acceptors (Lipinski definition) is 2. The van der Waals surface area contributed by atoms with Gasteiger partial charge in [0.2, 0.25) is 0 Å². The number of nitrogens with zero attached hydrogens (tertiary/aromatic N) is 2. The quantitative estimate of drug-likeness (QED) is 0.785. The smallest absolute Gasteiger partial charge is 0.435 e. The number of phenols is 1. The third-order valence-corrected chi connectivity index (χ3v) is 2.06. The minimum Gasteiger partial charge on any atom is -0.506 e. The van der Waals surface area contributed by atoms with E-state index in [9.17, 15) is 22.7 Å². The Morgan fingerprint density at radius 3 is 2.47 bits per heavy atom. The molecule has 2 aromatic rings. The van der Waals surface area contributed by atoms with Crippen LogP contribution >= 0.6 is 0 Å². The van der Waals surface area contributed by atoms with E-state index in [2.05, 4.69) is 5.10 Å². The number of phenolic OH excluding ortho intramolecular Hbond substituents is 1. The Kier molecular flexibility index (Phi) is 2.53. The van der Waals surface area contributed by atoms with Gasteiger partial charge in [-0.15, -0.1) is 0 Å². The number of aromatic nitrogens is 2. The van der Waals surface area contributed by atoms with Gasteiger partial charge in [0.1, 0.15) is 17.3 Å². The molecule has 0 atom stereocenters. The largest absolute Gasteiger partial charge is 0.506 e. The third-order valence-electron chi connectivity index (χ3n) is 2.06. The zero-order valence-corrected chi connectivity index (χ0v) is 8.24. The molecule has 0 aliphatic heterocycles. The monoisotopic (exact) mass is 246 g/mol. The first-order chi connectivity index (χ1) is 7.88. The maximum Gasteiger partial charge on any atom is 0.435 e. The summed E-state index contributed by atoms with van der Waals surface area (Å²) < 4.78 is 50.5. The molecule has 0 radical (unpaired) electrons. The van der Waals surface area contributed by atoms with Crippen LogP contribution in [0.4, 0.5) is 17.6 Å². The molecule has 0 spiro atoms. The normalized spacial score (nSPS) is 11.8. The summed E-state index contributed by atoms with van der Waals surface area (Å²) in [6.07, 6.45) is -3.58.